The SMILES string of the molecule is Cc1cc(=O)n2[nH]cnc2n1.[Ag+]. The molecule has 2 aromatic rings. The van der Waals surface area contributed by atoms with Crippen LogP contribution in [0, 0.1) is 6.92 Å². The molecule has 66 valence electrons. The van der Waals surface area contributed by atoms with E-state index in [4.69, 9.17) is 0 Å². The van der Waals surface area contributed by atoms with Crippen molar-refractivity contribution >= 4 is 5.78 Å². The first kappa shape index (κ1) is 9.18. The maximum Gasteiger partial charge on any atom is 1.00 e. The maximum atomic E-state index is 11.1. The summed E-state index contributed by atoms with van der Waals surface area (Å²) in [4.78, 5) is 19.0. The largest absolute Gasteiger partial charge is 1.00 e. The summed E-state index contributed by atoms with van der Waals surface area (Å²) in [5.74, 6) is 0.412. The summed E-state index contributed by atoms with van der Waals surface area (Å²) in [7, 11) is 0. The Morgan fingerprint density at radius 2 is 2.33 bits per heavy atom. The van der Waals surface area contributed by atoms with E-state index in [1.54, 1.807) is 6.92 Å². The minimum absolute atomic E-state index is 0. The number of hydrogen-bond acceptors (Lipinski definition) is 3. The molecule has 6 heteroatoms. The third kappa shape index (κ3) is 1.34. The number of nitrogens with zero attached hydrogens (tertiary/aromatic N) is 3. The molecule has 1 N–H and O–H groups in total. The van der Waals surface area contributed by atoms with Gasteiger partial charge >= 0.3 is 22.4 Å². The van der Waals surface area contributed by atoms with Gasteiger partial charge in [-0.3, -0.25) is 9.89 Å². The summed E-state index contributed by atoms with van der Waals surface area (Å²) in [5, 5.41) is 2.65. The Labute approximate surface area is 83.3 Å². The van der Waals surface area contributed by atoms with Gasteiger partial charge < -0.3 is 0 Å². The summed E-state index contributed by atoms with van der Waals surface area (Å²) in [5.41, 5.74) is 0.548. The second-order valence-corrected chi connectivity index (χ2v) is 2.26. The molecule has 0 saturated heterocycles. The van der Waals surface area contributed by atoms with Crippen molar-refractivity contribution in [1.29, 1.82) is 0 Å². The Hall–Kier alpha value is -0.910. The maximum absolute atomic E-state index is 11.1. The van der Waals surface area contributed by atoms with Crippen molar-refractivity contribution in [3.63, 3.8) is 0 Å². The zero-order chi connectivity index (χ0) is 7.84. The number of nitrogens with one attached hydrogen (secondary N) is 1. The third-order valence-electron chi connectivity index (χ3n) is 1.40. The molecule has 0 atom stereocenters. The minimum atomic E-state index is -0.134. The van der Waals surface area contributed by atoms with E-state index in [9.17, 15) is 4.79 Å². The van der Waals surface area contributed by atoms with Crippen molar-refractivity contribution in [1.82, 2.24) is 19.6 Å². The Morgan fingerprint density at radius 1 is 1.58 bits per heavy atom. The molecule has 0 aliphatic carbocycles. The molecule has 0 saturated carbocycles. The first-order valence-electron chi connectivity index (χ1n) is 3.17. The van der Waals surface area contributed by atoms with Crippen LogP contribution in [0.5, 0.6) is 0 Å². The van der Waals surface area contributed by atoms with Gasteiger partial charge in [-0.25, -0.2) is 9.97 Å². The number of rotatable bonds is 0. The number of fused-ring (bicyclic) bond motifs is 1. The zero-order valence-corrected chi connectivity index (χ0v) is 7.69. The summed E-state index contributed by atoms with van der Waals surface area (Å²) in [6.07, 6.45) is 1.43. The molecule has 0 bridgehead atoms. The molecule has 12 heavy (non-hydrogen) atoms. The molecule has 2 heterocycles. The van der Waals surface area contributed by atoms with Crippen molar-refractivity contribution in [2.45, 2.75) is 6.92 Å². The first-order valence-corrected chi connectivity index (χ1v) is 3.17. The van der Waals surface area contributed by atoms with E-state index >= 15 is 0 Å². The molecule has 0 fully saturated rings. The van der Waals surface area contributed by atoms with Crippen LogP contribution in [-0.4, -0.2) is 19.6 Å². The molecule has 0 amide bonds. The Morgan fingerprint density at radius 3 is 3.08 bits per heavy atom. The normalized spacial score (nSPS) is 9.75. The van der Waals surface area contributed by atoms with Gasteiger partial charge in [0.1, 0.15) is 6.33 Å². The molecule has 2 aromatic heterocycles. The van der Waals surface area contributed by atoms with Crippen LogP contribution >= 0.6 is 0 Å². The van der Waals surface area contributed by atoms with Crippen molar-refractivity contribution in [3.05, 3.63) is 28.4 Å². The van der Waals surface area contributed by atoms with Crippen molar-refractivity contribution in [3.8, 4) is 0 Å². The fourth-order valence-electron chi connectivity index (χ4n) is 0.934. The van der Waals surface area contributed by atoms with E-state index < -0.39 is 0 Å². The Kier molecular flexibility index (Phi) is 2.46. The Bertz CT molecular complexity index is 446. The quantitative estimate of drug-likeness (QED) is 0.661. The van der Waals surface area contributed by atoms with Gasteiger partial charge in [0.2, 0.25) is 0 Å². The topological polar surface area (TPSA) is 63.0 Å². The second kappa shape index (κ2) is 3.22. The van der Waals surface area contributed by atoms with Gasteiger partial charge in [0.25, 0.3) is 11.3 Å². The van der Waals surface area contributed by atoms with Crippen LogP contribution in [-0.2, 0) is 22.4 Å². The van der Waals surface area contributed by atoms with Crippen LogP contribution in [0.4, 0.5) is 0 Å². The molecule has 0 aromatic carbocycles. The van der Waals surface area contributed by atoms with E-state index in [2.05, 4.69) is 15.1 Å². The van der Waals surface area contributed by atoms with Gasteiger partial charge in [-0.15, -0.1) is 0 Å². The molecule has 0 aliphatic rings. The fraction of sp³-hybridized carbons (Fsp3) is 0.167. The summed E-state index contributed by atoms with van der Waals surface area (Å²) in [6.45, 7) is 1.76. The van der Waals surface area contributed by atoms with E-state index in [0.29, 0.717) is 11.5 Å². The standard InChI is InChI=1S/C6H6N4O.Ag/c1-4-2-5(11)10-6(9-4)7-3-8-10;/h2-3H,1H3,(H,7,8,9);/q;+1. The molecular weight excluding hydrogens is 252 g/mol. The number of aromatic amines is 1. The first-order chi connectivity index (χ1) is 5.27. The van der Waals surface area contributed by atoms with E-state index in [1.165, 1.54) is 16.9 Å². The smallest absolute Gasteiger partial charge is 0.278 e. The van der Waals surface area contributed by atoms with Gasteiger partial charge in [-0.1, -0.05) is 0 Å². The van der Waals surface area contributed by atoms with E-state index in [-0.39, 0.29) is 27.9 Å². The molecule has 0 aliphatic heterocycles. The minimum Gasteiger partial charge on any atom is -0.278 e. The fourth-order valence-corrected chi connectivity index (χ4v) is 0.934. The van der Waals surface area contributed by atoms with E-state index in [1.807, 2.05) is 0 Å². The van der Waals surface area contributed by atoms with Gasteiger partial charge in [0.05, 0.1) is 0 Å². The molecule has 0 unspecified atom stereocenters. The molecule has 5 nitrogen and oxygen atoms in total. The Balaban J connectivity index is 0.000000720. The van der Waals surface area contributed by atoms with Gasteiger partial charge in [0.15, 0.2) is 0 Å². The van der Waals surface area contributed by atoms with Crippen LogP contribution in [0.3, 0.4) is 0 Å². The molecule has 0 radical (unpaired) electrons. The number of aryl methyl sites for hydroxylation is 1. The summed E-state index contributed by atoms with van der Waals surface area (Å²) < 4.78 is 1.28. The van der Waals surface area contributed by atoms with Gasteiger partial charge in [-0.2, -0.15) is 4.52 Å². The number of aromatic nitrogens is 4. The average molecular weight is 258 g/mol. The van der Waals surface area contributed by atoms with Crippen LogP contribution in [0.1, 0.15) is 5.69 Å². The monoisotopic (exact) mass is 257 g/mol. The van der Waals surface area contributed by atoms with E-state index in [0.717, 1.165) is 0 Å². The predicted octanol–water partition coefficient (Wildman–Crippen LogP) is -0.276. The van der Waals surface area contributed by atoms with Crippen LogP contribution in [0.2, 0.25) is 0 Å². The van der Waals surface area contributed by atoms with Crippen LogP contribution in [0.25, 0.3) is 5.78 Å². The summed E-state index contributed by atoms with van der Waals surface area (Å²) >= 11 is 0. The van der Waals surface area contributed by atoms with Crippen molar-refractivity contribution in [2.75, 3.05) is 0 Å². The number of H-pyrrole nitrogens is 1. The average Bonchev–Trinajstić information content (AvgIpc) is 2.34. The zero-order valence-electron chi connectivity index (χ0n) is 6.21. The second-order valence-electron chi connectivity index (χ2n) is 2.26. The van der Waals surface area contributed by atoms with Crippen molar-refractivity contribution in [2.24, 2.45) is 0 Å². The van der Waals surface area contributed by atoms with Crippen LogP contribution in [0.15, 0.2) is 17.2 Å². The molecular formula is C6H6AgN4O+. The summed E-state index contributed by atoms with van der Waals surface area (Å²) in [6, 6.07) is 1.45. The van der Waals surface area contributed by atoms with Crippen LogP contribution < -0.4 is 5.56 Å². The molecule has 0 spiro atoms. The third-order valence-corrected chi connectivity index (χ3v) is 1.40. The predicted molar refractivity (Wildman–Crippen MR) is 38.3 cm³/mol. The van der Waals surface area contributed by atoms with Gasteiger partial charge in [-0.05, 0) is 6.92 Å². The molecule has 2 rings (SSSR count). The number of hydrogen-bond donors (Lipinski definition) is 1. The van der Waals surface area contributed by atoms with Gasteiger partial charge in [0, 0.05) is 11.8 Å². The van der Waals surface area contributed by atoms with Crippen molar-refractivity contribution < 1.29 is 22.4 Å².